The molecule has 0 bridgehead atoms. The first-order valence-electron chi connectivity index (χ1n) is 7.32. The van der Waals surface area contributed by atoms with Crippen LogP contribution in [0.3, 0.4) is 0 Å². The zero-order valence-corrected chi connectivity index (χ0v) is 11.8. The lowest BCUT2D eigenvalue weighted by molar-refractivity contribution is -0.00749. The molecule has 2 atom stereocenters. The summed E-state index contributed by atoms with van der Waals surface area (Å²) in [6.45, 7) is 4.85. The molecule has 1 aliphatic rings. The zero-order valence-electron chi connectivity index (χ0n) is 11.8. The molecular weight excluding hydrogens is 242 g/mol. The first-order chi connectivity index (χ1) is 9.29. The third-order valence-corrected chi connectivity index (χ3v) is 3.80. The van der Waals surface area contributed by atoms with Gasteiger partial charge in [-0.3, -0.25) is 4.90 Å². The summed E-state index contributed by atoms with van der Waals surface area (Å²) in [4.78, 5) is 2.41. The van der Waals surface area contributed by atoms with Gasteiger partial charge in [0.05, 0.1) is 19.0 Å². The lowest BCUT2D eigenvalue weighted by Crippen LogP contribution is -2.44. The molecular formula is C15H25NO3. The van der Waals surface area contributed by atoms with Gasteiger partial charge in [-0.05, 0) is 37.9 Å². The first-order valence-corrected chi connectivity index (χ1v) is 7.32. The Bertz CT molecular complexity index is 339. The maximum Gasteiger partial charge on any atom is 0.129 e. The summed E-state index contributed by atoms with van der Waals surface area (Å²) in [5.74, 6) is 0.802. The van der Waals surface area contributed by atoms with Crippen LogP contribution in [0, 0.1) is 0 Å². The third kappa shape index (κ3) is 4.64. The molecule has 1 aromatic heterocycles. The van der Waals surface area contributed by atoms with E-state index in [4.69, 9.17) is 9.15 Å². The molecule has 0 saturated carbocycles. The van der Waals surface area contributed by atoms with E-state index in [2.05, 4.69) is 11.8 Å². The standard InChI is InChI=1S/C15H25NO3/c1-2-13-6-3-4-8-16(13)10-14(17)11-18-12-15-7-5-9-19-15/h5,7,9,13-14,17H,2-4,6,8,10-12H2,1H3. The second-order valence-electron chi connectivity index (χ2n) is 5.30. The number of nitrogens with zero attached hydrogens (tertiary/aromatic N) is 1. The minimum atomic E-state index is -0.415. The number of aliphatic hydroxyl groups is 1. The molecule has 4 nitrogen and oxygen atoms in total. The Balaban J connectivity index is 1.66. The zero-order chi connectivity index (χ0) is 13.5. The van der Waals surface area contributed by atoms with Crippen LogP contribution < -0.4 is 0 Å². The van der Waals surface area contributed by atoms with E-state index in [-0.39, 0.29) is 0 Å². The summed E-state index contributed by atoms with van der Waals surface area (Å²) in [5.41, 5.74) is 0. The smallest absolute Gasteiger partial charge is 0.129 e. The van der Waals surface area contributed by atoms with Gasteiger partial charge >= 0.3 is 0 Å². The first kappa shape index (κ1) is 14.6. The fourth-order valence-corrected chi connectivity index (χ4v) is 2.78. The van der Waals surface area contributed by atoms with Crippen molar-refractivity contribution >= 4 is 0 Å². The van der Waals surface area contributed by atoms with Gasteiger partial charge in [0, 0.05) is 12.6 Å². The quantitative estimate of drug-likeness (QED) is 0.824. The van der Waals surface area contributed by atoms with Crippen molar-refractivity contribution in [2.24, 2.45) is 0 Å². The van der Waals surface area contributed by atoms with E-state index in [1.807, 2.05) is 12.1 Å². The monoisotopic (exact) mass is 267 g/mol. The van der Waals surface area contributed by atoms with Crippen molar-refractivity contribution in [3.8, 4) is 0 Å². The van der Waals surface area contributed by atoms with E-state index in [9.17, 15) is 5.11 Å². The molecule has 0 aliphatic carbocycles. The van der Waals surface area contributed by atoms with Gasteiger partial charge < -0.3 is 14.3 Å². The Kier molecular flexibility index (Phi) is 5.89. The Morgan fingerprint density at radius 2 is 2.42 bits per heavy atom. The molecule has 108 valence electrons. The summed E-state index contributed by atoms with van der Waals surface area (Å²) < 4.78 is 10.7. The number of hydrogen-bond acceptors (Lipinski definition) is 4. The van der Waals surface area contributed by atoms with Crippen molar-refractivity contribution in [2.45, 2.75) is 51.4 Å². The highest BCUT2D eigenvalue weighted by molar-refractivity contribution is 4.96. The highest BCUT2D eigenvalue weighted by Gasteiger charge is 2.22. The van der Waals surface area contributed by atoms with Crippen LogP contribution in [0.25, 0.3) is 0 Å². The second kappa shape index (κ2) is 7.68. The Labute approximate surface area is 115 Å². The molecule has 0 spiro atoms. The molecule has 1 aromatic rings. The van der Waals surface area contributed by atoms with Crippen LogP contribution in [0.5, 0.6) is 0 Å². The number of likely N-dealkylation sites (tertiary alicyclic amines) is 1. The predicted molar refractivity (Wildman–Crippen MR) is 73.9 cm³/mol. The molecule has 0 radical (unpaired) electrons. The molecule has 0 amide bonds. The second-order valence-corrected chi connectivity index (χ2v) is 5.30. The molecule has 1 N–H and O–H groups in total. The van der Waals surface area contributed by atoms with Crippen LogP contribution in [-0.2, 0) is 11.3 Å². The molecule has 1 fully saturated rings. The number of rotatable bonds is 7. The number of piperidine rings is 1. The fourth-order valence-electron chi connectivity index (χ4n) is 2.78. The summed E-state index contributed by atoms with van der Waals surface area (Å²) in [6, 6.07) is 4.35. The summed E-state index contributed by atoms with van der Waals surface area (Å²) in [5, 5.41) is 10.0. The van der Waals surface area contributed by atoms with Gasteiger partial charge in [-0.25, -0.2) is 0 Å². The summed E-state index contributed by atoms with van der Waals surface area (Å²) in [6.07, 6.45) is 6.21. The van der Waals surface area contributed by atoms with E-state index >= 15 is 0 Å². The van der Waals surface area contributed by atoms with Crippen molar-refractivity contribution in [1.29, 1.82) is 0 Å². The topological polar surface area (TPSA) is 45.8 Å². The van der Waals surface area contributed by atoms with Crippen molar-refractivity contribution in [2.75, 3.05) is 19.7 Å². The highest BCUT2D eigenvalue weighted by Crippen LogP contribution is 2.19. The maximum atomic E-state index is 10.0. The van der Waals surface area contributed by atoms with Crippen LogP contribution in [0.15, 0.2) is 22.8 Å². The molecule has 0 aromatic carbocycles. The van der Waals surface area contributed by atoms with Crippen molar-refractivity contribution in [1.82, 2.24) is 4.90 Å². The van der Waals surface area contributed by atoms with E-state index in [0.717, 1.165) is 18.8 Å². The number of furan rings is 1. The van der Waals surface area contributed by atoms with Crippen LogP contribution in [0.1, 0.15) is 38.4 Å². The molecule has 19 heavy (non-hydrogen) atoms. The van der Waals surface area contributed by atoms with Gasteiger partial charge in [0.25, 0.3) is 0 Å². The van der Waals surface area contributed by atoms with Gasteiger partial charge in [-0.15, -0.1) is 0 Å². The Morgan fingerprint density at radius 1 is 1.53 bits per heavy atom. The van der Waals surface area contributed by atoms with Crippen LogP contribution in [-0.4, -0.2) is 41.8 Å². The van der Waals surface area contributed by atoms with E-state index < -0.39 is 6.10 Å². The van der Waals surface area contributed by atoms with Gasteiger partial charge in [-0.1, -0.05) is 13.3 Å². The minimum absolute atomic E-state index is 0.369. The average molecular weight is 267 g/mol. The number of aliphatic hydroxyl groups excluding tert-OH is 1. The van der Waals surface area contributed by atoms with Gasteiger partial charge in [0.15, 0.2) is 0 Å². The molecule has 1 saturated heterocycles. The summed E-state index contributed by atoms with van der Waals surface area (Å²) >= 11 is 0. The van der Waals surface area contributed by atoms with Gasteiger partial charge in [0.1, 0.15) is 12.4 Å². The molecule has 2 heterocycles. The van der Waals surface area contributed by atoms with Crippen LogP contribution >= 0.6 is 0 Å². The lowest BCUT2D eigenvalue weighted by atomic mass is 10.00. The van der Waals surface area contributed by atoms with Crippen LogP contribution in [0.4, 0.5) is 0 Å². The molecule has 1 aliphatic heterocycles. The average Bonchev–Trinajstić information content (AvgIpc) is 2.92. The molecule has 2 rings (SSSR count). The number of hydrogen-bond donors (Lipinski definition) is 1. The van der Waals surface area contributed by atoms with E-state index in [1.54, 1.807) is 6.26 Å². The van der Waals surface area contributed by atoms with Gasteiger partial charge in [0.2, 0.25) is 0 Å². The number of β-amino-alcohol motifs (C(OH)–C–C–N with tert-alkyl or cyclic N) is 1. The summed E-state index contributed by atoms with van der Waals surface area (Å²) in [7, 11) is 0. The SMILES string of the molecule is CCC1CCCCN1CC(O)COCc1ccco1. The normalized spacial score (nSPS) is 22.5. The third-order valence-electron chi connectivity index (χ3n) is 3.80. The fraction of sp³-hybridized carbons (Fsp3) is 0.733. The van der Waals surface area contributed by atoms with Crippen LogP contribution in [0.2, 0.25) is 0 Å². The van der Waals surface area contributed by atoms with E-state index in [1.165, 1.54) is 25.7 Å². The van der Waals surface area contributed by atoms with Gasteiger partial charge in [-0.2, -0.15) is 0 Å². The highest BCUT2D eigenvalue weighted by atomic mass is 16.5. The molecule has 2 unspecified atom stereocenters. The predicted octanol–water partition coefficient (Wildman–Crippen LogP) is 2.42. The minimum Gasteiger partial charge on any atom is -0.467 e. The van der Waals surface area contributed by atoms with Crippen molar-refractivity contribution < 1.29 is 14.3 Å². The maximum absolute atomic E-state index is 10.0. The van der Waals surface area contributed by atoms with Crippen molar-refractivity contribution in [3.05, 3.63) is 24.2 Å². The lowest BCUT2D eigenvalue weighted by Gasteiger charge is -2.36. The number of ether oxygens (including phenoxy) is 1. The van der Waals surface area contributed by atoms with E-state index in [0.29, 0.717) is 19.3 Å². The Hall–Kier alpha value is -0.840. The Morgan fingerprint density at radius 3 is 3.16 bits per heavy atom. The largest absolute Gasteiger partial charge is 0.467 e. The molecule has 4 heteroatoms. The van der Waals surface area contributed by atoms with Crippen molar-refractivity contribution in [3.63, 3.8) is 0 Å².